The highest BCUT2D eigenvalue weighted by Gasteiger charge is 2.22. The predicted molar refractivity (Wildman–Crippen MR) is 102 cm³/mol. The molecule has 25 heavy (non-hydrogen) atoms. The maximum absolute atomic E-state index is 12.5. The van der Waals surface area contributed by atoms with Crippen LogP contribution in [0.1, 0.15) is 16.8 Å². The zero-order valence-corrected chi connectivity index (χ0v) is 15.6. The number of hydrogen-bond donors (Lipinski definition) is 1. The fourth-order valence-electron chi connectivity index (χ4n) is 3.06. The van der Waals surface area contributed by atoms with Crippen LogP contribution in [-0.4, -0.2) is 21.4 Å². The second-order valence-electron chi connectivity index (χ2n) is 5.99. The molecule has 1 N–H and O–H groups in total. The summed E-state index contributed by atoms with van der Waals surface area (Å²) in [6.07, 6.45) is 0.746. The zero-order valence-electron chi connectivity index (χ0n) is 13.3. The number of aromatic amines is 1. The van der Waals surface area contributed by atoms with Gasteiger partial charge in [0.15, 0.2) is 5.82 Å². The van der Waals surface area contributed by atoms with E-state index < -0.39 is 0 Å². The van der Waals surface area contributed by atoms with E-state index in [0.29, 0.717) is 29.0 Å². The highest BCUT2D eigenvalue weighted by atomic mass is 35.5. The molecule has 1 aliphatic heterocycles. The van der Waals surface area contributed by atoms with Crippen molar-refractivity contribution in [3.63, 3.8) is 0 Å². The minimum atomic E-state index is -0.0599. The van der Waals surface area contributed by atoms with Gasteiger partial charge in [0, 0.05) is 26.1 Å². The number of H-pyrrole nitrogens is 1. The summed E-state index contributed by atoms with van der Waals surface area (Å²) in [6.45, 7) is 2.05. The normalized spacial score (nSPS) is 14.5. The molecule has 0 aliphatic carbocycles. The third-order valence-corrected chi connectivity index (χ3v) is 6.06. The number of rotatable bonds is 3. The van der Waals surface area contributed by atoms with E-state index in [-0.39, 0.29) is 5.56 Å². The van der Waals surface area contributed by atoms with Gasteiger partial charge in [0.1, 0.15) is 0 Å². The second kappa shape index (κ2) is 6.92. The van der Waals surface area contributed by atoms with Crippen LogP contribution in [0, 0.1) is 0 Å². The smallest absolute Gasteiger partial charge is 0.255 e. The van der Waals surface area contributed by atoms with Crippen LogP contribution in [0.15, 0.2) is 40.5 Å². The van der Waals surface area contributed by atoms with Gasteiger partial charge >= 0.3 is 0 Å². The first kappa shape index (κ1) is 16.8. The quantitative estimate of drug-likeness (QED) is 0.721. The van der Waals surface area contributed by atoms with Gasteiger partial charge in [-0.2, -0.15) is 0 Å². The van der Waals surface area contributed by atoms with E-state index in [1.54, 1.807) is 17.4 Å². The Morgan fingerprint density at radius 1 is 1.24 bits per heavy atom. The Kier molecular flexibility index (Phi) is 4.65. The van der Waals surface area contributed by atoms with Crippen molar-refractivity contribution in [2.75, 3.05) is 6.54 Å². The van der Waals surface area contributed by atoms with E-state index in [1.807, 2.05) is 29.6 Å². The van der Waals surface area contributed by atoms with Crippen LogP contribution in [0.3, 0.4) is 0 Å². The maximum Gasteiger partial charge on any atom is 0.255 e. The summed E-state index contributed by atoms with van der Waals surface area (Å²) in [5.74, 6) is 0.657. The Bertz CT molecular complexity index is 969. The number of thiophene rings is 1. The molecule has 0 atom stereocenters. The Labute approximate surface area is 159 Å². The topological polar surface area (TPSA) is 49.0 Å². The van der Waals surface area contributed by atoms with E-state index in [1.165, 1.54) is 0 Å². The molecule has 0 saturated heterocycles. The molecule has 3 heterocycles. The Hall–Kier alpha value is -1.66. The number of hydrogen-bond acceptors (Lipinski definition) is 4. The van der Waals surface area contributed by atoms with Gasteiger partial charge in [0.2, 0.25) is 0 Å². The van der Waals surface area contributed by atoms with Crippen molar-refractivity contribution in [2.45, 2.75) is 19.5 Å². The number of halogens is 2. The molecule has 4 rings (SSSR count). The number of nitrogens with one attached hydrogen (secondary N) is 1. The minimum absolute atomic E-state index is 0.0599. The fraction of sp³-hybridized carbons (Fsp3) is 0.222. The Morgan fingerprint density at radius 2 is 2.12 bits per heavy atom. The van der Waals surface area contributed by atoms with Crippen molar-refractivity contribution in [1.82, 2.24) is 14.9 Å². The molecule has 0 unspecified atom stereocenters. The summed E-state index contributed by atoms with van der Waals surface area (Å²) >= 11 is 13.9. The van der Waals surface area contributed by atoms with Crippen molar-refractivity contribution in [1.29, 1.82) is 0 Å². The average molecular weight is 392 g/mol. The molecule has 7 heteroatoms. The van der Waals surface area contributed by atoms with E-state index in [9.17, 15) is 4.79 Å². The molecule has 0 amide bonds. The van der Waals surface area contributed by atoms with Gasteiger partial charge in [0.05, 0.1) is 26.2 Å². The van der Waals surface area contributed by atoms with Crippen molar-refractivity contribution in [2.24, 2.45) is 0 Å². The van der Waals surface area contributed by atoms with Crippen LogP contribution in [0.2, 0.25) is 10.0 Å². The first-order chi connectivity index (χ1) is 12.1. The van der Waals surface area contributed by atoms with E-state index in [4.69, 9.17) is 23.2 Å². The molecule has 0 spiro atoms. The fourth-order valence-corrected chi connectivity index (χ4v) is 4.11. The second-order valence-corrected chi connectivity index (χ2v) is 7.72. The lowest BCUT2D eigenvalue weighted by molar-refractivity contribution is 0.242. The van der Waals surface area contributed by atoms with Gasteiger partial charge < -0.3 is 4.98 Å². The van der Waals surface area contributed by atoms with Gasteiger partial charge in [-0.1, -0.05) is 41.4 Å². The largest absolute Gasteiger partial charge is 0.306 e. The highest BCUT2D eigenvalue weighted by molar-refractivity contribution is 7.13. The lowest BCUT2D eigenvalue weighted by Crippen LogP contribution is -2.35. The number of fused-ring (bicyclic) bond motifs is 1. The van der Waals surface area contributed by atoms with Crippen molar-refractivity contribution < 1.29 is 0 Å². The van der Waals surface area contributed by atoms with Crippen LogP contribution >= 0.6 is 34.5 Å². The molecule has 0 saturated carbocycles. The van der Waals surface area contributed by atoms with Gasteiger partial charge in [-0.3, -0.25) is 9.69 Å². The van der Waals surface area contributed by atoms with E-state index >= 15 is 0 Å². The van der Waals surface area contributed by atoms with Gasteiger partial charge in [-0.15, -0.1) is 11.3 Å². The molecular weight excluding hydrogens is 377 g/mol. The summed E-state index contributed by atoms with van der Waals surface area (Å²) in [7, 11) is 0. The molecule has 4 nitrogen and oxygen atoms in total. The molecule has 3 aromatic rings. The standard InChI is InChI=1S/C18H15Cl2N3OS/c19-13-4-1-3-11(16(13)20)9-23-7-6-14-12(10-23)18(24)22-17(21-14)15-5-2-8-25-15/h1-5,8H,6-7,9-10H2,(H,21,22,24). The summed E-state index contributed by atoms with van der Waals surface area (Å²) in [5, 5.41) is 3.11. The first-order valence-electron chi connectivity index (χ1n) is 7.93. The van der Waals surface area contributed by atoms with Crippen molar-refractivity contribution in [3.8, 4) is 10.7 Å². The first-order valence-corrected chi connectivity index (χ1v) is 9.56. The van der Waals surface area contributed by atoms with Crippen LogP contribution in [0.4, 0.5) is 0 Å². The average Bonchev–Trinajstić information content (AvgIpc) is 3.14. The van der Waals surface area contributed by atoms with Gasteiger partial charge in [-0.05, 0) is 23.1 Å². The molecule has 0 bridgehead atoms. The number of nitrogens with zero attached hydrogens (tertiary/aromatic N) is 2. The third-order valence-electron chi connectivity index (χ3n) is 4.33. The van der Waals surface area contributed by atoms with Crippen molar-refractivity contribution in [3.05, 3.63) is 72.9 Å². The Morgan fingerprint density at radius 3 is 2.92 bits per heavy atom. The summed E-state index contributed by atoms with van der Waals surface area (Å²) < 4.78 is 0. The summed E-state index contributed by atoms with van der Waals surface area (Å²) in [5.41, 5.74) is 2.54. The SMILES string of the molecule is O=c1[nH]c(-c2cccs2)nc2c1CN(Cc1cccc(Cl)c1Cl)CC2. The molecular formula is C18H15Cl2N3OS. The number of aromatic nitrogens is 2. The van der Waals surface area contributed by atoms with Crippen LogP contribution < -0.4 is 5.56 Å². The van der Waals surface area contributed by atoms with Crippen LogP contribution in [0.5, 0.6) is 0 Å². The van der Waals surface area contributed by atoms with Crippen LogP contribution in [0.25, 0.3) is 10.7 Å². The van der Waals surface area contributed by atoms with Gasteiger partial charge in [-0.25, -0.2) is 4.98 Å². The lowest BCUT2D eigenvalue weighted by Gasteiger charge is -2.28. The Balaban J connectivity index is 1.59. The zero-order chi connectivity index (χ0) is 17.4. The molecule has 0 fully saturated rings. The highest BCUT2D eigenvalue weighted by Crippen LogP contribution is 2.28. The van der Waals surface area contributed by atoms with Crippen molar-refractivity contribution >= 4 is 34.5 Å². The minimum Gasteiger partial charge on any atom is -0.306 e. The molecule has 2 aromatic heterocycles. The predicted octanol–water partition coefficient (Wildman–Crippen LogP) is 4.36. The number of benzene rings is 1. The van der Waals surface area contributed by atoms with E-state index in [0.717, 1.165) is 34.7 Å². The van der Waals surface area contributed by atoms with Crippen LogP contribution in [-0.2, 0) is 19.5 Å². The monoisotopic (exact) mass is 391 g/mol. The maximum atomic E-state index is 12.5. The molecule has 1 aliphatic rings. The van der Waals surface area contributed by atoms with Gasteiger partial charge in [0.25, 0.3) is 5.56 Å². The lowest BCUT2D eigenvalue weighted by atomic mass is 10.1. The molecule has 128 valence electrons. The van der Waals surface area contributed by atoms with E-state index in [2.05, 4.69) is 14.9 Å². The summed E-state index contributed by atoms with van der Waals surface area (Å²) in [6, 6.07) is 9.55. The molecule has 0 radical (unpaired) electrons. The molecule has 1 aromatic carbocycles. The summed E-state index contributed by atoms with van der Waals surface area (Å²) in [4.78, 5) is 23.3. The third kappa shape index (κ3) is 3.37.